The zero-order valence-corrected chi connectivity index (χ0v) is 27.0. The van der Waals surface area contributed by atoms with Gasteiger partial charge in [-0.1, -0.05) is 107 Å². The fourth-order valence-corrected chi connectivity index (χ4v) is 5.30. The number of hydrogen-bond donors (Lipinski definition) is 1. The molecule has 0 saturated carbocycles. The van der Waals surface area contributed by atoms with Gasteiger partial charge in [0.15, 0.2) is 36.7 Å². The zero-order chi connectivity index (χ0) is 28.4. The lowest BCUT2D eigenvalue weighted by molar-refractivity contribution is -0.689. The van der Waals surface area contributed by atoms with Crippen molar-refractivity contribution in [2.45, 2.75) is 97.4 Å². The van der Waals surface area contributed by atoms with Crippen LogP contribution in [0.4, 0.5) is 10.1 Å². The van der Waals surface area contributed by atoms with Crippen molar-refractivity contribution in [3.8, 4) is 11.5 Å². The Labute approximate surface area is 260 Å². The summed E-state index contributed by atoms with van der Waals surface area (Å²) < 4.78 is 28.0. The van der Waals surface area contributed by atoms with E-state index in [0.717, 1.165) is 24.9 Å². The molecule has 1 heterocycles. The Hall–Kier alpha value is -2.45. The highest BCUT2D eigenvalue weighted by Crippen LogP contribution is 2.30. The molecule has 0 atom stereocenters. The van der Waals surface area contributed by atoms with Gasteiger partial charge in [-0.05, 0) is 30.7 Å². The van der Waals surface area contributed by atoms with E-state index in [0.29, 0.717) is 12.3 Å². The van der Waals surface area contributed by atoms with Gasteiger partial charge >= 0.3 is 0 Å². The summed E-state index contributed by atoms with van der Waals surface area (Å²) in [6.45, 7) is 5.33. The molecule has 1 N–H and O–H groups in total. The summed E-state index contributed by atoms with van der Waals surface area (Å²) in [5, 5.41) is 6.14. The number of hydrogen-bond acceptors (Lipinski definition) is 4. The summed E-state index contributed by atoms with van der Waals surface area (Å²) in [4.78, 5) is 12.5. The van der Waals surface area contributed by atoms with Crippen LogP contribution in [0, 0.1) is 12.7 Å². The molecular formula is C33H46BrFN2O3S. The number of benzene rings is 2. The monoisotopic (exact) mass is 648 g/mol. The van der Waals surface area contributed by atoms with Crippen LogP contribution in [-0.2, 0) is 11.3 Å². The Kier molecular flexibility index (Phi) is 17.3. The summed E-state index contributed by atoms with van der Waals surface area (Å²) >= 11 is 1.71. The largest absolute Gasteiger partial charge is 1.00 e. The molecule has 2 aromatic carbocycles. The second kappa shape index (κ2) is 20.4. The fourth-order valence-electron chi connectivity index (χ4n) is 4.63. The second-order valence-corrected chi connectivity index (χ2v) is 11.5. The first-order valence-electron chi connectivity index (χ1n) is 14.9. The number of aryl methyl sites for hydroxylation is 1. The third-order valence-corrected chi connectivity index (χ3v) is 7.84. The molecule has 0 aliphatic heterocycles. The van der Waals surface area contributed by atoms with Crippen LogP contribution in [0.25, 0.3) is 0 Å². The molecule has 0 spiro atoms. The van der Waals surface area contributed by atoms with E-state index in [4.69, 9.17) is 9.47 Å². The minimum Gasteiger partial charge on any atom is -1.00 e. The highest BCUT2D eigenvalue weighted by molar-refractivity contribution is 7.09. The van der Waals surface area contributed by atoms with E-state index in [1.54, 1.807) is 23.5 Å². The first-order chi connectivity index (χ1) is 19.6. The van der Waals surface area contributed by atoms with Gasteiger partial charge in [-0.25, -0.2) is 4.39 Å². The Bertz CT molecular complexity index is 1140. The molecular weight excluding hydrogens is 603 g/mol. The van der Waals surface area contributed by atoms with Crippen molar-refractivity contribution in [2.75, 3.05) is 18.5 Å². The fraction of sp³-hybridized carbons (Fsp3) is 0.515. The minimum atomic E-state index is -0.480. The topological polar surface area (TPSA) is 51.4 Å². The van der Waals surface area contributed by atoms with Crippen molar-refractivity contribution in [1.82, 2.24) is 0 Å². The molecule has 0 fully saturated rings. The summed E-state index contributed by atoms with van der Waals surface area (Å²) in [7, 11) is 0. The molecule has 0 aliphatic carbocycles. The summed E-state index contributed by atoms with van der Waals surface area (Å²) in [5.41, 5.74) is 1.84. The number of aromatic nitrogens is 1. The average Bonchev–Trinajstić information content (AvgIpc) is 3.36. The van der Waals surface area contributed by atoms with E-state index in [1.807, 2.05) is 24.3 Å². The van der Waals surface area contributed by atoms with Crippen molar-refractivity contribution >= 4 is 22.9 Å². The van der Waals surface area contributed by atoms with Crippen molar-refractivity contribution in [1.29, 1.82) is 0 Å². The summed E-state index contributed by atoms with van der Waals surface area (Å²) in [6.07, 6.45) is 17.2. The molecule has 0 radical (unpaired) electrons. The molecule has 3 aromatic rings. The molecule has 0 bridgehead atoms. The molecule has 5 nitrogen and oxygen atoms in total. The Balaban J connectivity index is 0.00000588. The molecule has 226 valence electrons. The maximum absolute atomic E-state index is 14.5. The van der Waals surface area contributed by atoms with Crippen LogP contribution in [0.2, 0.25) is 0 Å². The highest BCUT2D eigenvalue weighted by atomic mass is 79.9. The maximum Gasteiger partial charge on any atom is 0.262 e. The molecule has 3 rings (SSSR count). The van der Waals surface area contributed by atoms with E-state index >= 15 is 0 Å². The molecule has 41 heavy (non-hydrogen) atoms. The van der Waals surface area contributed by atoms with E-state index in [1.165, 1.54) is 75.3 Å². The first kappa shape index (κ1) is 34.7. The van der Waals surface area contributed by atoms with Gasteiger partial charge < -0.3 is 31.8 Å². The van der Waals surface area contributed by atoms with Gasteiger partial charge in [-0.2, -0.15) is 4.57 Å². The van der Waals surface area contributed by atoms with Gasteiger partial charge in [0.2, 0.25) is 5.01 Å². The third-order valence-electron chi connectivity index (χ3n) is 7.01. The quantitative estimate of drug-likeness (QED) is 0.128. The number of anilines is 1. The van der Waals surface area contributed by atoms with Gasteiger partial charge in [-0.15, -0.1) is 0 Å². The summed E-state index contributed by atoms with van der Waals surface area (Å²) in [5.74, 6) is -0.477. The predicted octanol–water partition coefficient (Wildman–Crippen LogP) is 5.63. The third kappa shape index (κ3) is 13.4. The van der Waals surface area contributed by atoms with Crippen LogP contribution in [0.1, 0.15) is 94.5 Å². The minimum absolute atomic E-state index is 0. The van der Waals surface area contributed by atoms with Crippen LogP contribution in [0.15, 0.2) is 54.0 Å². The number of carbonyl (C=O) groups is 1. The van der Waals surface area contributed by atoms with Gasteiger partial charge in [0.05, 0.1) is 12.0 Å². The van der Waals surface area contributed by atoms with E-state index in [9.17, 15) is 9.18 Å². The Morgan fingerprint density at radius 2 is 1.51 bits per heavy atom. The van der Waals surface area contributed by atoms with Crippen LogP contribution in [0.5, 0.6) is 11.5 Å². The van der Waals surface area contributed by atoms with E-state index < -0.39 is 5.82 Å². The second-order valence-electron chi connectivity index (χ2n) is 10.4. The number of ether oxygens (including phenoxy) is 2. The lowest BCUT2D eigenvalue weighted by Crippen LogP contribution is -3.00. The van der Waals surface area contributed by atoms with E-state index in [2.05, 4.69) is 35.3 Å². The van der Waals surface area contributed by atoms with Gasteiger partial charge in [0, 0.05) is 18.2 Å². The number of amides is 1. The number of nitrogens with zero attached hydrogens (tertiary/aromatic N) is 1. The number of thiazole rings is 1. The standard InChI is InChI=1S/C33H45FN2O3S.BrH/c1-3-4-5-6-7-8-9-10-11-12-13-14-23-38-33-30(34)16-15-17-31(33)39-26-32(37)35-29-20-18-28(19-21-29)25-36-22-24-40-27(36)2;/h15-22,24H,3-14,23,25-26H2,1-2H3;1H. The number of carbonyl (C=O) groups excluding carboxylic acids is 1. The van der Waals surface area contributed by atoms with Crippen LogP contribution in [-0.4, -0.2) is 19.1 Å². The lowest BCUT2D eigenvalue weighted by atomic mass is 10.1. The smallest absolute Gasteiger partial charge is 0.262 e. The van der Waals surface area contributed by atoms with Crippen LogP contribution >= 0.6 is 11.3 Å². The zero-order valence-electron chi connectivity index (χ0n) is 24.6. The average molecular weight is 650 g/mol. The van der Waals surface area contributed by atoms with Crippen molar-refractivity contribution in [2.24, 2.45) is 0 Å². The lowest BCUT2D eigenvalue weighted by Gasteiger charge is -2.13. The van der Waals surface area contributed by atoms with Gasteiger partial charge in [0.25, 0.3) is 5.91 Å². The number of para-hydroxylation sites is 1. The Morgan fingerprint density at radius 1 is 0.878 bits per heavy atom. The van der Waals surface area contributed by atoms with Gasteiger partial charge in [0.1, 0.15) is 0 Å². The number of halogens is 2. The van der Waals surface area contributed by atoms with Crippen LogP contribution < -0.4 is 36.3 Å². The van der Waals surface area contributed by atoms with Crippen molar-refractivity contribution in [3.63, 3.8) is 0 Å². The maximum atomic E-state index is 14.5. The summed E-state index contributed by atoms with van der Waals surface area (Å²) in [6, 6.07) is 12.3. The molecule has 0 saturated heterocycles. The normalized spacial score (nSPS) is 10.7. The predicted molar refractivity (Wildman–Crippen MR) is 162 cm³/mol. The van der Waals surface area contributed by atoms with Crippen LogP contribution in [0.3, 0.4) is 0 Å². The molecule has 1 amide bonds. The molecule has 8 heteroatoms. The van der Waals surface area contributed by atoms with E-state index in [-0.39, 0.29) is 41.0 Å². The highest BCUT2D eigenvalue weighted by Gasteiger charge is 2.14. The van der Waals surface area contributed by atoms with Gasteiger partial charge in [-0.3, -0.25) is 4.79 Å². The van der Waals surface area contributed by atoms with Crippen molar-refractivity contribution < 1.29 is 40.2 Å². The number of nitrogens with one attached hydrogen (secondary N) is 1. The Morgan fingerprint density at radius 3 is 2.12 bits per heavy atom. The molecule has 0 unspecified atom stereocenters. The SMILES string of the molecule is CCCCCCCCCCCCCCOc1c(F)cccc1OCC(=O)Nc1ccc(C[n+]2ccsc2C)cc1.[Br-]. The number of unbranched alkanes of at least 4 members (excludes halogenated alkanes) is 11. The molecule has 0 aliphatic rings. The van der Waals surface area contributed by atoms with Crippen molar-refractivity contribution in [3.05, 3.63) is 70.4 Å². The first-order valence-corrected chi connectivity index (χ1v) is 15.8. The number of rotatable bonds is 20. The molecule has 1 aromatic heterocycles.